The van der Waals surface area contributed by atoms with Gasteiger partial charge < -0.3 is 0 Å². The van der Waals surface area contributed by atoms with Crippen LogP contribution in [0, 0.1) is 0 Å². The molecule has 1 fully saturated rings. The van der Waals surface area contributed by atoms with Gasteiger partial charge in [-0.2, -0.15) is 0 Å². The van der Waals surface area contributed by atoms with Gasteiger partial charge in [-0.05, 0) is 23.6 Å². The highest BCUT2D eigenvalue weighted by Gasteiger charge is 2.23. The van der Waals surface area contributed by atoms with Crippen molar-refractivity contribution in [1.82, 2.24) is 9.91 Å². The van der Waals surface area contributed by atoms with Crippen molar-refractivity contribution in [2.24, 2.45) is 0 Å². The molecule has 2 aromatic carbocycles. The van der Waals surface area contributed by atoms with Crippen molar-refractivity contribution in [3.8, 4) is 0 Å². The Morgan fingerprint density at radius 2 is 1.62 bits per heavy atom. The molecule has 0 radical (unpaired) electrons. The van der Waals surface area contributed by atoms with Crippen LogP contribution in [0.4, 0.5) is 5.69 Å². The van der Waals surface area contributed by atoms with Gasteiger partial charge in [0.25, 0.3) is 0 Å². The first-order chi connectivity index (χ1) is 11.8. The Balaban J connectivity index is 1.63. The summed E-state index contributed by atoms with van der Waals surface area (Å²) < 4.78 is 0. The van der Waals surface area contributed by atoms with Crippen LogP contribution in [-0.4, -0.2) is 42.5 Å². The Labute approximate surface area is 144 Å². The average molecular weight is 323 g/mol. The van der Waals surface area contributed by atoms with E-state index in [-0.39, 0.29) is 0 Å². The van der Waals surface area contributed by atoms with Crippen LogP contribution in [0.5, 0.6) is 0 Å². The number of carbonyl (C=O) groups excluding carboxylic acids is 1. The highest BCUT2D eigenvalue weighted by molar-refractivity contribution is 5.75. The number of hydrazine groups is 1. The second-order valence-electron chi connectivity index (χ2n) is 6.15. The molecule has 0 aliphatic carbocycles. The summed E-state index contributed by atoms with van der Waals surface area (Å²) >= 11 is 0. The molecule has 1 heterocycles. The van der Waals surface area contributed by atoms with Crippen molar-refractivity contribution >= 4 is 12.1 Å². The summed E-state index contributed by atoms with van der Waals surface area (Å²) in [6.07, 6.45) is 1.87. The molecule has 1 aliphatic rings. The molecule has 0 atom stereocenters. The number of carbonyl (C=O) groups is 1. The van der Waals surface area contributed by atoms with E-state index in [1.165, 1.54) is 11.1 Å². The van der Waals surface area contributed by atoms with Gasteiger partial charge in [0.05, 0.1) is 5.69 Å². The number of amides is 1. The number of piperazine rings is 1. The fraction of sp³-hybridized carbons (Fsp3) is 0.350. The molecule has 1 saturated heterocycles. The summed E-state index contributed by atoms with van der Waals surface area (Å²) in [6, 6.07) is 18.7. The third-order valence-electron chi connectivity index (χ3n) is 4.62. The predicted molar refractivity (Wildman–Crippen MR) is 97.7 cm³/mol. The number of hydrogen-bond donors (Lipinski definition) is 0. The molecule has 0 spiro atoms. The minimum Gasteiger partial charge on any atom is -0.296 e. The van der Waals surface area contributed by atoms with E-state index in [0.717, 1.165) is 51.2 Å². The van der Waals surface area contributed by atoms with E-state index < -0.39 is 0 Å². The lowest BCUT2D eigenvalue weighted by molar-refractivity contribution is -0.110. The van der Waals surface area contributed by atoms with Crippen LogP contribution in [0.3, 0.4) is 0 Å². The van der Waals surface area contributed by atoms with Gasteiger partial charge in [0, 0.05) is 32.7 Å². The maximum atomic E-state index is 11.7. The first-order valence-electron chi connectivity index (χ1n) is 8.65. The van der Waals surface area contributed by atoms with Crippen LogP contribution in [0.15, 0.2) is 54.6 Å². The highest BCUT2D eigenvalue weighted by Crippen LogP contribution is 2.22. The van der Waals surface area contributed by atoms with E-state index in [0.29, 0.717) is 0 Å². The van der Waals surface area contributed by atoms with Crippen molar-refractivity contribution in [2.45, 2.75) is 19.9 Å². The molecule has 0 saturated carbocycles. The Morgan fingerprint density at radius 3 is 2.29 bits per heavy atom. The van der Waals surface area contributed by atoms with Crippen molar-refractivity contribution in [2.75, 3.05) is 31.2 Å². The standard InChI is InChI=1S/C20H25N3O/c1-2-19-10-6-7-11-20(19)23(17-24)22-14-12-21(13-15-22)16-18-8-4-3-5-9-18/h3-11,17H,2,12-16H2,1H3. The zero-order valence-corrected chi connectivity index (χ0v) is 14.3. The van der Waals surface area contributed by atoms with Crippen LogP contribution in [0.1, 0.15) is 18.1 Å². The van der Waals surface area contributed by atoms with E-state index >= 15 is 0 Å². The van der Waals surface area contributed by atoms with Crippen LogP contribution >= 0.6 is 0 Å². The molecule has 1 aliphatic heterocycles. The largest absolute Gasteiger partial charge is 0.296 e. The summed E-state index contributed by atoms with van der Waals surface area (Å²) in [5, 5.41) is 3.95. The molecule has 0 unspecified atom stereocenters. The number of rotatable bonds is 6. The Bertz CT molecular complexity index is 651. The third kappa shape index (κ3) is 3.83. The maximum absolute atomic E-state index is 11.7. The smallest absolute Gasteiger partial charge is 0.228 e. The number of benzene rings is 2. The Hall–Kier alpha value is -2.17. The normalized spacial score (nSPS) is 16.0. The minimum atomic E-state index is 0.865. The van der Waals surface area contributed by atoms with Crippen molar-refractivity contribution in [3.63, 3.8) is 0 Å². The van der Waals surface area contributed by atoms with Crippen molar-refractivity contribution < 1.29 is 4.79 Å². The van der Waals surface area contributed by atoms with Crippen LogP contribution in [-0.2, 0) is 17.8 Å². The molecule has 0 N–H and O–H groups in total. The zero-order chi connectivity index (χ0) is 16.8. The van der Waals surface area contributed by atoms with Gasteiger partial charge in [-0.1, -0.05) is 55.5 Å². The van der Waals surface area contributed by atoms with Gasteiger partial charge in [-0.25, -0.2) is 10.0 Å². The fourth-order valence-corrected chi connectivity index (χ4v) is 3.26. The molecule has 3 rings (SSSR count). The first-order valence-corrected chi connectivity index (χ1v) is 8.65. The Kier molecular flexibility index (Phi) is 5.62. The van der Waals surface area contributed by atoms with Gasteiger partial charge >= 0.3 is 0 Å². The molecule has 2 aromatic rings. The molecule has 0 bridgehead atoms. The summed E-state index contributed by atoms with van der Waals surface area (Å²) in [5.41, 5.74) is 3.55. The lowest BCUT2D eigenvalue weighted by Gasteiger charge is -2.39. The second kappa shape index (κ2) is 8.08. The zero-order valence-electron chi connectivity index (χ0n) is 14.3. The maximum Gasteiger partial charge on any atom is 0.228 e. The van der Waals surface area contributed by atoms with Gasteiger partial charge in [0.1, 0.15) is 0 Å². The summed E-state index contributed by atoms with van der Waals surface area (Å²) in [4.78, 5) is 14.2. The first kappa shape index (κ1) is 16.7. The van der Waals surface area contributed by atoms with Gasteiger partial charge in [0.15, 0.2) is 0 Å². The monoisotopic (exact) mass is 323 g/mol. The van der Waals surface area contributed by atoms with E-state index in [4.69, 9.17) is 0 Å². The summed E-state index contributed by atoms with van der Waals surface area (Å²) in [6.45, 7) is 6.76. The van der Waals surface area contributed by atoms with Crippen LogP contribution < -0.4 is 5.01 Å². The average Bonchev–Trinajstić information content (AvgIpc) is 2.65. The molecule has 0 aromatic heterocycles. The lowest BCUT2D eigenvalue weighted by Crippen LogP contribution is -2.53. The highest BCUT2D eigenvalue weighted by atomic mass is 16.1. The Morgan fingerprint density at radius 1 is 0.958 bits per heavy atom. The SMILES string of the molecule is CCc1ccccc1N(C=O)N1CCN(Cc2ccccc2)CC1. The van der Waals surface area contributed by atoms with Gasteiger partial charge in [-0.15, -0.1) is 0 Å². The van der Waals surface area contributed by atoms with Crippen molar-refractivity contribution in [1.29, 1.82) is 0 Å². The number of anilines is 1. The van der Waals surface area contributed by atoms with Crippen LogP contribution in [0.2, 0.25) is 0 Å². The number of nitrogens with zero attached hydrogens (tertiary/aromatic N) is 3. The van der Waals surface area contributed by atoms with Gasteiger partial charge in [-0.3, -0.25) is 9.69 Å². The van der Waals surface area contributed by atoms with Crippen LogP contribution in [0.25, 0.3) is 0 Å². The minimum absolute atomic E-state index is 0.865. The third-order valence-corrected chi connectivity index (χ3v) is 4.62. The molecule has 126 valence electrons. The topological polar surface area (TPSA) is 26.8 Å². The molecule has 24 heavy (non-hydrogen) atoms. The van der Waals surface area contributed by atoms with Gasteiger partial charge in [0.2, 0.25) is 6.41 Å². The molecule has 4 nitrogen and oxygen atoms in total. The van der Waals surface area contributed by atoms with Crippen molar-refractivity contribution in [3.05, 3.63) is 65.7 Å². The van der Waals surface area contributed by atoms with E-state index in [1.807, 2.05) is 18.2 Å². The fourth-order valence-electron chi connectivity index (χ4n) is 3.26. The van der Waals surface area contributed by atoms with E-state index in [2.05, 4.69) is 53.2 Å². The summed E-state index contributed by atoms with van der Waals surface area (Å²) in [7, 11) is 0. The molecular weight excluding hydrogens is 298 g/mol. The molecule has 1 amide bonds. The van der Waals surface area contributed by atoms with E-state index in [1.54, 1.807) is 5.01 Å². The predicted octanol–water partition coefficient (Wildman–Crippen LogP) is 2.94. The number of para-hydroxylation sites is 1. The summed E-state index contributed by atoms with van der Waals surface area (Å²) in [5.74, 6) is 0. The number of aryl methyl sites for hydroxylation is 1. The number of hydrogen-bond acceptors (Lipinski definition) is 3. The quantitative estimate of drug-likeness (QED) is 0.765. The lowest BCUT2D eigenvalue weighted by atomic mass is 10.1. The van der Waals surface area contributed by atoms with E-state index in [9.17, 15) is 4.79 Å². The molecule has 4 heteroatoms. The second-order valence-corrected chi connectivity index (χ2v) is 6.15. The molecular formula is C20H25N3O.